The lowest BCUT2D eigenvalue weighted by Gasteiger charge is -2.27. The molecule has 4 rings (SSSR count). The van der Waals surface area contributed by atoms with Crippen molar-refractivity contribution < 1.29 is 14.4 Å². The smallest absolute Gasteiger partial charge is 0.254 e. The number of carbonyl (C=O) groups excluding carboxylic acids is 2. The van der Waals surface area contributed by atoms with Crippen molar-refractivity contribution in [2.75, 3.05) is 20.7 Å². The van der Waals surface area contributed by atoms with Gasteiger partial charge in [-0.05, 0) is 28.8 Å². The molecule has 0 aromatic heterocycles. The number of hydrogen-bond donors (Lipinski definition) is 0. The van der Waals surface area contributed by atoms with Gasteiger partial charge < -0.3 is 14.6 Å². The second-order valence-corrected chi connectivity index (χ2v) is 8.12. The lowest BCUT2D eigenvalue weighted by molar-refractivity contribution is -0.134. The zero-order valence-corrected chi connectivity index (χ0v) is 18.8. The summed E-state index contributed by atoms with van der Waals surface area (Å²) in [5.41, 5.74) is 4.37. The summed E-state index contributed by atoms with van der Waals surface area (Å²) < 4.78 is 0. The van der Waals surface area contributed by atoms with E-state index >= 15 is 0 Å². The first kappa shape index (κ1) is 22.3. The fourth-order valence-corrected chi connectivity index (χ4v) is 4.13. The molecule has 2 amide bonds. The summed E-state index contributed by atoms with van der Waals surface area (Å²) in [6.45, 7) is 0.740. The molecule has 1 aliphatic rings. The Hall–Kier alpha value is -3.93. The second-order valence-electron chi connectivity index (χ2n) is 8.12. The summed E-state index contributed by atoms with van der Waals surface area (Å²) in [6, 6.07) is 26.7. The molecule has 1 atom stereocenters. The Morgan fingerprint density at radius 2 is 1.55 bits per heavy atom. The normalized spacial score (nSPS) is 16.6. The molecule has 0 saturated carbocycles. The van der Waals surface area contributed by atoms with Crippen LogP contribution >= 0.6 is 0 Å². The SMILES string of the molecule is CO/N=C1\CC(C(=O)N(C)Cc2ccccc2)N(C(=O)c2ccc(-c3ccccc3)cc2)C1. The highest BCUT2D eigenvalue weighted by Crippen LogP contribution is 2.24. The van der Waals surface area contributed by atoms with Crippen LogP contribution in [0.5, 0.6) is 0 Å². The van der Waals surface area contributed by atoms with Crippen LogP contribution in [-0.2, 0) is 16.2 Å². The van der Waals surface area contributed by atoms with Crippen molar-refractivity contribution in [2.45, 2.75) is 19.0 Å². The largest absolute Gasteiger partial charge is 0.399 e. The monoisotopic (exact) mass is 441 g/mol. The zero-order valence-electron chi connectivity index (χ0n) is 18.8. The Labute approximate surface area is 194 Å². The first-order valence-corrected chi connectivity index (χ1v) is 10.9. The van der Waals surface area contributed by atoms with E-state index in [1.165, 1.54) is 7.11 Å². The third-order valence-electron chi connectivity index (χ3n) is 5.80. The van der Waals surface area contributed by atoms with Gasteiger partial charge >= 0.3 is 0 Å². The molecule has 168 valence electrons. The molecule has 6 nitrogen and oxygen atoms in total. The minimum Gasteiger partial charge on any atom is -0.399 e. The van der Waals surface area contributed by atoms with Crippen molar-refractivity contribution in [1.82, 2.24) is 9.80 Å². The molecule has 1 unspecified atom stereocenters. The van der Waals surface area contributed by atoms with E-state index in [4.69, 9.17) is 4.84 Å². The van der Waals surface area contributed by atoms with Crippen LogP contribution in [0.4, 0.5) is 0 Å². The Morgan fingerprint density at radius 3 is 2.18 bits per heavy atom. The Bertz CT molecular complexity index is 1130. The topological polar surface area (TPSA) is 62.2 Å². The summed E-state index contributed by atoms with van der Waals surface area (Å²) in [5.74, 6) is -0.309. The number of nitrogens with zero attached hydrogens (tertiary/aromatic N) is 3. The number of carbonyl (C=O) groups is 2. The van der Waals surface area contributed by atoms with Crippen LogP contribution in [0.2, 0.25) is 0 Å². The molecule has 0 bridgehead atoms. The highest BCUT2D eigenvalue weighted by atomic mass is 16.6. The lowest BCUT2D eigenvalue weighted by atomic mass is 10.0. The molecular formula is C27H27N3O3. The first-order valence-electron chi connectivity index (χ1n) is 10.9. The van der Waals surface area contributed by atoms with Crippen LogP contribution in [0.1, 0.15) is 22.3 Å². The zero-order chi connectivity index (χ0) is 23.2. The van der Waals surface area contributed by atoms with Gasteiger partial charge in [-0.25, -0.2) is 0 Å². The molecule has 1 saturated heterocycles. The van der Waals surface area contributed by atoms with E-state index in [1.54, 1.807) is 16.8 Å². The van der Waals surface area contributed by atoms with Crippen molar-refractivity contribution in [3.63, 3.8) is 0 Å². The molecule has 0 N–H and O–H groups in total. The van der Waals surface area contributed by atoms with Crippen LogP contribution in [0.3, 0.4) is 0 Å². The van der Waals surface area contributed by atoms with Gasteiger partial charge in [-0.3, -0.25) is 9.59 Å². The van der Waals surface area contributed by atoms with Crippen molar-refractivity contribution >= 4 is 17.5 Å². The summed E-state index contributed by atoms with van der Waals surface area (Å²) in [5, 5.41) is 4.03. The van der Waals surface area contributed by atoms with E-state index in [1.807, 2.05) is 84.9 Å². The lowest BCUT2D eigenvalue weighted by Crippen LogP contribution is -2.46. The Kier molecular flexibility index (Phi) is 6.83. The number of likely N-dealkylation sites (N-methyl/N-ethyl adjacent to an activating group) is 1. The van der Waals surface area contributed by atoms with Crippen LogP contribution < -0.4 is 0 Å². The van der Waals surface area contributed by atoms with Crippen LogP contribution in [0.25, 0.3) is 11.1 Å². The molecule has 3 aromatic carbocycles. The van der Waals surface area contributed by atoms with E-state index in [9.17, 15) is 9.59 Å². The summed E-state index contributed by atoms with van der Waals surface area (Å²) in [7, 11) is 3.23. The van der Waals surface area contributed by atoms with Crippen molar-refractivity contribution in [2.24, 2.45) is 5.16 Å². The summed E-state index contributed by atoms with van der Waals surface area (Å²) >= 11 is 0. The fourth-order valence-electron chi connectivity index (χ4n) is 4.13. The quantitative estimate of drug-likeness (QED) is 0.538. The predicted octanol–water partition coefficient (Wildman–Crippen LogP) is 4.23. The minimum absolute atomic E-state index is 0.116. The van der Waals surface area contributed by atoms with Gasteiger partial charge in [-0.15, -0.1) is 0 Å². The van der Waals surface area contributed by atoms with Crippen molar-refractivity contribution in [3.05, 3.63) is 96.1 Å². The van der Waals surface area contributed by atoms with E-state index in [0.717, 1.165) is 16.7 Å². The third-order valence-corrected chi connectivity index (χ3v) is 5.80. The Balaban J connectivity index is 1.54. The molecule has 0 spiro atoms. The van der Waals surface area contributed by atoms with Crippen LogP contribution in [-0.4, -0.2) is 54.1 Å². The molecule has 0 aliphatic carbocycles. The van der Waals surface area contributed by atoms with Crippen molar-refractivity contribution in [3.8, 4) is 11.1 Å². The Morgan fingerprint density at radius 1 is 0.939 bits per heavy atom. The van der Waals surface area contributed by atoms with Gasteiger partial charge in [0.25, 0.3) is 5.91 Å². The highest BCUT2D eigenvalue weighted by Gasteiger charge is 2.39. The average molecular weight is 442 g/mol. The summed E-state index contributed by atoms with van der Waals surface area (Å²) in [6.07, 6.45) is 0.361. The maximum Gasteiger partial charge on any atom is 0.254 e. The molecular weight excluding hydrogens is 414 g/mol. The highest BCUT2D eigenvalue weighted by molar-refractivity contribution is 6.05. The molecule has 1 aliphatic heterocycles. The average Bonchev–Trinajstić information content (AvgIpc) is 3.28. The van der Waals surface area contributed by atoms with Gasteiger partial charge in [0.05, 0.1) is 12.3 Å². The van der Waals surface area contributed by atoms with E-state index in [-0.39, 0.29) is 18.4 Å². The van der Waals surface area contributed by atoms with Gasteiger partial charge in [0.2, 0.25) is 5.91 Å². The molecule has 1 heterocycles. The molecule has 0 radical (unpaired) electrons. The fraction of sp³-hybridized carbons (Fsp3) is 0.222. The molecule has 33 heavy (non-hydrogen) atoms. The van der Waals surface area contributed by atoms with Gasteiger partial charge in [-0.1, -0.05) is 78.0 Å². The second kappa shape index (κ2) is 10.1. The van der Waals surface area contributed by atoms with Gasteiger partial charge in [0.1, 0.15) is 13.2 Å². The minimum atomic E-state index is -0.617. The number of oxime groups is 1. The first-order chi connectivity index (χ1) is 16.1. The van der Waals surface area contributed by atoms with Crippen molar-refractivity contribution in [1.29, 1.82) is 0 Å². The summed E-state index contributed by atoms with van der Waals surface area (Å²) in [4.78, 5) is 34.9. The number of likely N-dealkylation sites (tertiary alicyclic amines) is 1. The van der Waals surface area contributed by atoms with E-state index < -0.39 is 6.04 Å². The van der Waals surface area contributed by atoms with Gasteiger partial charge in [0.15, 0.2) is 0 Å². The van der Waals surface area contributed by atoms with Gasteiger partial charge in [0, 0.05) is 25.6 Å². The van der Waals surface area contributed by atoms with Gasteiger partial charge in [-0.2, -0.15) is 0 Å². The molecule has 1 fully saturated rings. The number of amides is 2. The molecule has 6 heteroatoms. The van der Waals surface area contributed by atoms with E-state index in [2.05, 4.69) is 5.16 Å². The van der Waals surface area contributed by atoms with E-state index in [0.29, 0.717) is 24.2 Å². The molecule has 3 aromatic rings. The van der Waals surface area contributed by atoms with Crippen LogP contribution in [0.15, 0.2) is 90.1 Å². The number of hydrogen-bond acceptors (Lipinski definition) is 4. The maximum absolute atomic E-state index is 13.4. The maximum atomic E-state index is 13.4. The number of benzene rings is 3. The van der Waals surface area contributed by atoms with Crippen LogP contribution in [0, 0.1) is 0 Å². The predicted molar refractivity (Wildman–Crippen MR) is 129 cm³/mol. The standard InChI is InChI=1S/C27H27N3O3/c1-29(18-20-9-5-3-6-10-20)27(32)25-17-24(28-33-2)19-30(25)26(31)23-15-13-22(14-16-23)21-11-7-4-8-12-21/h3-16,25H,17-19H2,1-2H3/b28-24+. The third kappa shape index (κ3) is 5.12. The number of rotatable bonds is 6.